The Morgan fingerprint density at radius 1 is 1.00 bits per heavy atom. The van der Waals surface area contributed by atoms with Gasteiger partial charge in [0.1, 0.15) is 9.09 Å². The number of nitrogens with one attached hydrogen (secondary N) is 1. The van der Waals surface area contributed by atoms with Gasteiger partial charge in [-0.3, -0.25) is 4.72 Å². The van der Waals surface area contributed by atoms with Crippen LogP contribution in [0, 0.1) is 0 Å². The summed E-state index contributed by atoms with van der Waals surface area (Å²) in [5.74, 6) is 0. The van der Waals surface area contributed by atoms with Gasteiger partial charge in [0.25, 0.3) is 10.0 Å². The molecule has 3 rings (SSSR count). The average molecular weight is 390 g/mol. The number of thiophene rings is 1. The molecular formula is C16H17F3N2O2S2. The molecule has 1 aliphatic heterocycles. The normalized spacial score (nSPS) is 16.0. The standard InChI is InChI=1S/C16H17F3N2O2S2/c17-16(18,19)14-8-9-15(24-14)25(22,23)20-12-6-2-3-7-13(12)21-10-4-1-5-11-21/h2-3,6-9,20H,1,4-5,10-11H2. The predicted molar refractivity (Wildman–Crippen MR) is 92.6 cm³/mol. The van der Waals surface area contributed by atoms with Crippen LogP contribution in [-0.2, 0) is 16.2 Å². The number of alkyl halides is 3. The summed E-state index contributed by atoms with van der Waals surface area (Å²) in [6.45, 7) is 1.66. The quantitative estimate of drug-likeness (QED) is 0.833. The lowest BCUT2D eigenvalue weighted by atomic mass is 10.1. The summed E-state index contributed by atoms with van der Waals surface area (Å²) < 4.78 is 65.2. The van der Waals surface area contributed by atoms with Crippen molar-refractivity contribution in [3.8, 4) is 0 Å². The van der Waals surface area contributed by atoms with Gasteiger partial charge >= 0.3 is 6.18 Å². The summed E-state index contributed by atoms with van der Waals surface area (Å²) in [5.41, 5.74) is 1.13. The monoisotopic (exact) mass is 390 g/mol. The summed E-state index contributed by atoms with van der Waals surface area (Å²) in [6.07, 6.45) is -1.36. The third-order valence-electron chi connectivity index (χ3n) is 3.97. The zero-order valence-electron chi connectivity index (χ0n) is 13.2. The van der Waals surface area contributed by atoms with Gasteiger partial charge in [-0.1, -0.05) is 12.1 Å². The largest absolute Gasteiger partial charge is 0.425 e. The van der Waals surface area contributed by atoms with Crippen LogP contribution in [0.25, 0.3) is 0 Å². The molecule has 2 heterocycles. The van der Waals surface area contributed by atoms with E-state index in [4.69, 9.17) is 0 Å². The first-order valence-corrected chi connectivity index (χ1v) is 10.1. The van der Waals surface area contributed by atoms with Crippen molar-refractivity contribution in [2.24, 2.45) is 0 Å². The Balaban J connectivity index is 1.87. The van der Waals surface area contributed by atoms with Gasteiger partial charge in [0.15, 0.2) is 0 Å². The van der Waals surface area contributed by atoms with Crippen LogP contribution in [0.4, 0.5) is 24.5 Å². The van der Waals surface area contributed by atoms with Crippen LogP contribution < -0.4 is 9.62 Å². The average Bonchev–Trinajstić information content (AvgIpc) is 3.07. The van der Waals surface area contributed by atoms with Crippen LogP contribution in [-0.4, -0.2) is 21.5 Å². The zero-order chi connectivity index (χ0) is 18.1. The number of hydrogen-bond acceptors (Lipinski definition) is 4. The summed E-state index contributed by atoms with van der Waals surface area (Å²) in [4.78, 5) is 1.16. The first-order valence-electron chi connectivity index (χ1n) is 7.81. The maximum absolute atomic E-state index is 12.7. The van der Waals surface area contributed by atoms with Crippen LogP contribution in [0.1, 0.15) is 24.1 Å². The lowest BCUT2D eigenvalue weighted by Gasteiger charge is -2.30. The molecule has 4 nitrogen and oxygen atoms in total. The molecule has 9 heteroatoms. The van der Waals surface area contributed by atoms with E-state index in [1.165, 1.54) is 0 Å². The van der Waals surface area contributed by atoms with Crippen molar-refractivity contribution >= 4 is 32.7 Å². The van der Waals surface area contributed by atoms with Crippen molar-refractivity contribution in [1.82, 2.24) is 0 Å². The van der Waals surface area contributed by atoms with Gasteiger partial charge < -0.3 is 4.90 Å². The maximum atomic E-state index is 12.7. The van der Waals surface area contributed by atoms with Crippen LogP contribution in [0.15, 0.2) is 40.6 Å². The van der Waals surface area contributed by atoms with Crippen molar-refractivity contribution in [3.63, 3.8) is 0 Å². The second-order valence-corrected chi connectivity index (χ2v) is 8.78. The summed E-state index contributed by atoms with van der Waals surface area (Å²) in [6, 6.07) is 8.73. The lowest BCUT2D eigenvalue weighted by Crippen LogP contribution is -2.30. The Hall–Kier alpha value is -1.74. The maximum Gasteiger partial charge on any atom is 0.425 e. The van der Waals surface area contributed by atoms with Crippen molar-refractivity contribution in [2.75, 3.05) is 22.7 Å². The molecule has 25 heavy (non-hydrogen) atoms. The van der Waals surface area contributed by atoms with Gasteiger partial charge in [-0.05, 0) is 43.5 Å². The first-order chi connectivity index (χ1) is 11.8. The molecule has 0 unspecified atom stereocenters. The van der Waals surface area contributed by atoms with E-state index in [-0.39, 0.29) is 15.5 Å². The van der Waals surface area contributed by atoms with Crippen molar-refractivity contribution in [3.05, 3.63) is 41.3 Å². The highest BCUT2D eigenvalue weighted by Gasteiger charge is 2.34. The number of rotatable bonds is 4. The molecule has 0 spiro atoms. The van der Waals surface area contributed by atoms with Crippen LogP contribution in [0.3, 0.4) is 0 Å². The minimum absolute atomic E-state index is 0.218. The fourth-order valence-electron chi connectivity index (χ4n) is 2.78. The van der Waals surface area contributed by atoms with Crippen LogP contribution >= 0.6 is 11.3 Å². The molecule has 1 aromatic heterocycles. The Morgan fingerprint density at radius 2 is 1.68 bits per heavy atom. The van der Waals surface area contributed by atoms with Gasteiger partial charge in [0.05, 0.1) is 11.4 Å². The number of piperidine rings is 1. The number of nitrogens with zero attached hydrogens (tertiary/aromatic N) is 1. The van der Waals surface area contributed by atoms with E-state index in [0.29, 0.717) is 5.69 Å². The SMILES string of the molecule is O=S(=O)(Nc1ccccc1N1CCCCC1)c1ccc(C(F)(F)F)s1. The number of para-hydroxylation sites is 2. The van der Waals surface area contributed by atoms with E-state index >= 15 is 0 Å². The highest BCUT2D eigenvalue weighted by Crippen LogP contribution is 2.37. The molecule has 0 aliphatic carbocycles. The summed E-state index contributed by atoms with van der Waals surface area (Å²) in [5, 5.41) is 0. The molecule has 2 aromatic rings. The number of benzene rings is 1. The molecule has 1 N–H and O–H groups in total. The van der Waals surface area contributed by atoms with E-state index in [2.05, 4.69) is 9.62 Å². The van der Waals surface area contributed by atoms with Crippen molar-refractivity contribution < 1.29 is 21.6 Å². The second-order valence-electron chi connectivity index (χ2n) is 5.79. The Labute approximate surface area is 148 Å². The highest BCUT2D eigenvalue weighted by molar-refractivity contribution is 7.94. The summed E-state index contributed by atoms with van der Waals surface area (Å²) in [7, 11) is -4.07. The van der Waals surface area contributed by atoms with Gasteiger partial charge in [0.2, 0.25) is 0 Å². The molecule has 0 amide bonds. The molecular weight excluding hydrogens is 373 g/mol. The molecule has 1 saturated heterocycles. The third-order valence-corrected chi connectivity index (χ3v) is 6.96. The number of hydrogen-bond donors (Lipinski definition) is 1. The molecule has 0 bridgehead atoms. The minimum Gasteiger partial charge on any atom is -0.370 e. The summed E-state index contributed by atoms with van der Waals surface area (Å²) >= 11 is 0.218. The van der Waals surface area contributed by atoms with Gasteiger partial charge in [-0.15, -0.1) is 11.3 Å². The molecule has 136 valence electrons. The Morgan fingerprint density at radius 3 is 2.32 bits per heavy atom. The Kier molecular flexibility index (Phi) is 4.97. The van der Waals surface area contributed by atoms with E-state index in [1.54, 1.807) is 12.1 Å². The third kappa shape index (κ3) is 4.09. The molecule has 0 atom stereocenters. The first kappa shape index (κ1) is 18.1. The molecule has 0 saturated carbocycles. The van der Waals surface area contributed by atoms with Gasteiger partial charge in [-0.25, -0.2) is 8.42 Å². The fourth-order valence-corrected chi connectivity index (χ4v) is 5.03. The minimum atomic E-state index is -4.55. The van der Waals surface area contributed by atoms with Gasteiger partial charge in [0, 0.05) is 13.1 Å². The van der Waals surface area contributed by atoms with Crippen molar-refractivity contribution in [2.45, 2.75) is 29.6 Å². The number of anilines is 2. The fraction of sp³-hybridized carbons (Fsp3) is 0.375. The smallest absolute Gasteiger partial charge is 0.370 e. The molecule has 1 fully saturated rings. The number of halogens is 3. The van der Waals surface area contributed by atoms with E-state index in [1.807, 2.05) is 12.1 Å². The van der Waals surface area contributed by atoms with E-state index in [9.17, 15) is 21.6 Å². The molecule has 1 aliphatic rings. The van der Waals surface area contributed by atoms with E-state index in [0.717, 1.165) is 50.2 Å². The predicted octanol–water partition coefficient (Wildman–Crippen LogP) is 4.56. The molecule has 0 radical (unpaired) electrons. The topological polar surface area (TPSA) is 49.4 Å². The highest BCUT2D eigenvalue weighted by atomic mass is 32.2. The van der Waals surface area contributed by atoms with Crippen LogP contribution in [0.2, 0.25) is 0 Å². The second kappa shape index (κ2) is 6.87. The lowest BCUT2D eigenvalue weighted by molar-refractivity contribution is -0.134. The van der Waals surface area contributed by atoms with Gasteiger partial charge in [-0.2, -0.15) is 13.2 Å². The van der Waals surface area contributed by atoms with Crippen molar-refractivity contribution in [1.29, 1.82) is 0 Å². The Bertz CT molecular complexity index is 841. The molecule has 1 aromatic carbocycles. The number of sulfonamides is 1. The van der Waals surface area contributed by atoms with E-state index < -0.39 is 21.1 Å². The zero-order valence-corrected chi connectivity index (χ0v) is 14.8. The van der Waals surface area contributed by atoms with Crippen LogP contribution in [0.5, 0.6) is 0 Å².